The third kappa shape index (κ3) is 18.9. The van der Waals surface area contributed by atoms with Crippen molar-refractivity contribution in [1.82, 2.24) is 10.6 Å². The van der Waals surface area contributed by atoms with Crippen molar-refractivity contribution in [3.8, 4) is 23.0 Å². The molecule has 0 aromatic heterocycles. The second-order valence-electron chi connectivity index (χ2n) is 26.8. The van der Waals surface area contributed by atoms with Crippen LogP contribution in [0.25, 0.3) is 0 Å². The van der Waals surface area contributed by atoms with Crippen molar-refractivity contribution in [2.24, 2.45) is 0 Å². The molecule has 10 nitrogen and oxygen atoms in total. The van der Waals surface area contributed by atoms with E-state index in [0.29, 0.717) is 23.0 Å². The van der Waals surface area contributed by atoms with Crippen molar-refractivity contribution >= 4 is 70.5 Å². The third-order valence-electron chi connectivity index (χ3n) is 15.0. The number of rotatable bonds is 16. The lowest BCUT2D eigenvalue weighted by molar-refractivity contribution is -0.138. The molecule has 9 rings (SSSR count). The number of carbonyl (C=O) groups excluding carboxylic acids is 2. The van der Waals surface area contributed by atoms with Gasteiger partial charge in [0.1, 0.15) is 49.4 Å². The number of halogens is 6. The highest BCUT2D eigenvalue weighted by Gasteiger charge is 2.34. The van der Waals surface area contributed by atoms with Gasteiger partial charge in [-0.1, -0.05) is 203 Å². The highest BCUT2D eigenvalue weighted by atomic mass is 32.2. The van der Waals surface area contributed by atoms with Gasteiger partial charge in [0.2, 0.25) is 0 Å². The first-order chi connectivity index (χ1) is 44.1. The van der Waals surface area contributed by atoms with Crippen LogP contribution in [0.4, 0.5) is 47.3 Å². The SMILES string of the molecule is CC(C)(C)c1cc2c(OCCNC(=O)Nc3cccc(C(F)(F)F)c3)c(c1)Sc1cc(C(C)(C)C)cc(c1OCc1ccccc1)Sc1cc(C(C)(C)C)cc(c1OCCNC(=O)Nc1cccc(C(F)(F)F)c1)Sc1cc(C(C)(C)C)cc(c1OCc1ccccc1)S2. The summed E-state index contributed by atoms with van der Waals surface area (Å²) < 4.78 is 110. The predicted molar refractivity (Wildman–Crippen MR) is 367 cm³/mol. The van der Waals surface area contributed by atoms with E-state index >= 15 is 0 Å². The van der Waals surface area contributed by atoms with Crippen molar-refractivity contribution < 1.29 is 54.9 Å². The van der Waals surface area contributed by atoms with E-state index in [9.17, 15) is 35.9 Å². The summed E-state index contributed by atoms with van der Waals surface area (Å²) in [5.74, 6) is 2.19. The molecule has 1 heterocycles. The Morgan fingerprint density at radius 1 is 0.340 bits per heavy atom. The minimum atomic E-state index is -4.60. The van der Waals surface area contributed by atoms with Gasteiger partial charge >= 0.3 is 24.4 Å². The van der Waals surface area contributed by atoms with Crippen molar-refractivity contribution in [2.45, 2.75) is 169 Å². The Balaban J connectivity index is 1.25. The molecule has 0 saturated heterocycles. The molecule has 8 aromatic rings. The van der Waals surface area contributed by atoms with Gasteiger partial charge in [0.15, 0.2) is 0 Å². The first-order valence-corrected chi connectivity index (χ1v) is 33.9. The van der Waals surface area contributed by atoms with Crippen LogP contribution in [0.15, 0.2) is 197 Å². The van der Waals surface area contributed by atoms with E-state index in [1.54, 1.807) is 0 Å². The number of anilines is 2. The standard InChI is InChI=1S/C74H78F6N4O6S4/c1-69(2,3)49-35-55-63(87-31-29-81-67(85)83-53-27-19-25-47(33-53)73(75,76)77)56(36-49)92-60-40-52(72(10,11)12)42-62(66(60)90-44-46-23-17-14-18-24-46)94-58-38-50(70(4,5)6)37-57(64(58)88-32-30-82-68(86)84-54-28-20-26-48(34-54)74(78,79)80)93-61-41-51(71(7,8)9)39-59(91-55)65(61)89-43-45-21-15-13-16-22-45/h13-28,33-42H,29-32,43-44H2,1-12H3,(H2,81,83,85)(H2,82,84,86). The molecule has 0 spiro atoms. The molecule has 4 N–H and O–H groups in total. The second-order valence-corrected chi connectivity index (χ2v) is 31.1. The fourth-order valence-electron chi connectivity index (χ4n) is 9.68. The van der Waals surface area contributed by atoms with Crippen LogP contribution in [-0.4, -0.2) is 38.4 Å². The minimum absolute atomic E-state index is 0.0229. The number of hydrogen-bond donors (Lipinski definition) is 4. The van der Waals surface area contributed by atoms with Gasteiger partial charge < -0.3 is 40.2 Å². The van der Waals surface area contributed by atoms with E-state index in [0.717, 1.165) is 96.8 Å². The summed E-state index contributed by atoms with van der Waals surface area (Å²) in [7, 11) is 0. The molecule has 1 aliphatic heterocycles. The molecular formula is C74H78F6N4O6S4. The van der Waals surface area contributed by atoms with Gasteiger partial charge in [-0.3, -0.25) is 0 Å². The Labute approximate surface area is 564 Å². The smallest absolute Gasteiger partial charge is 0.416 e. The molecule has 0 fully saturated rings. The van der Waals surface area contributed by atoms with Gasteiger partial charge in [-0.05, 0) is 140 Å². The molecule has 0 unspecified atom stereocenters. The first-order valence-electron chi connectivity index (χ1n) is 30.6. The Kier molecular flexibility index (Phi) is 22.0. The average Bonchev–Trinajstić information content (AvgIpc) is 0.765. The van der Waals surface area contributed by atoms with Crippen LogP contribution in [0, 0.1) is 0 Å². The number of benzene rings is 8. The van der Waals surface area contributed by atoms with Crippen molar-refractivity contribution in [3.63, 3.8) is 0 Å². The molecule has 1 aliphatic rings. The average molecular weight is 1360 g/mol. The number of ether oxygens (including phenoxy) is 4. The number of alkyl halides is 6. The zero-order chi connectivity index (χ0) is 68.0. The molecule has 496 valence electrons. The molecular weight excluding hydrogens is 1280 g/mol. The highest BCUT2D eigenvalue weighted by molar-refractivity contribution is 8.01. The Morgan fingerprint density at radius 3 is 0.862 bits per heavy atom. The van der Waals surface area contributed by atoms with Gasteiger partial charge in [0.25, 0.3) is 0 Å². The molecule has 20 heteroatoms. The van der Waals surface area contributed by atoms with E-state index in [4.69, 9.17) is 18.9 Å². The maximum atomic E-state index is 13.7. The summed E-state index contributed by atoms with van der Waals surface area (Å²) in [6.07, 6.45) is -9.21. The molecule has 0 radical (unpaired) electrons. The second kappa shape index (κ2) is 29.2. The fourth-order valence-corrected chi connectivity index (χ4v) is 14.5. The molecule has 0 aliphatic carbocycles. The lowest BCUT2D eigenvalue weighted by Gasteiger charge is -2.28. The van der Waals surface area contributed by atoms with Crippen LogP contribution in [0.2, 0.25) is 0 Å². The Hall–Kier alpha value is -7.52. The lowest BCUT2D eigenvalue weighted by Crippen LogP contribution is -2.32. The fraction of sp³-hybridized carbons (Fsp3) is 0.324. The molecule has 0 saturated carbocycles. The van der Waals surface area contributed by atoms with Crippen molar-refractivity contribution in [1.29, 1.82) is 0 Å². The lowest BCUT2D eigenvalue weighted by atomic mass is 9.87. The van der Waals surface area contributed by atoms with Crippen LogP contribution < -0.4 is 40.2 Å². The van der Waals surface area contributed by atoms with E-state index in [2.05, 4.69) is 153 Å². The van der Waals surface area contributed by atoms with Crippen LogP contribution in [0.5, 0.6) is 23.0 Å². The van der Waals surface area contributed by atoms with E-state index in [-0.39, 0.29) is 50.9 Å². The minimum Gasteiger partial charge on any atom is -0.489 e. The summed E-state index contributed by atoms with van der Waals surface area (Å²) in [6, 6.07) is 44.4. The normalized spacial score (nSPS) is 13.0. The summed E-state index contributed by atoms with van der Waals surface area (Å²) >= 11 is 5.94. The number of hydrogen-bond acceptors (Lipinski definition) is 10. The monoisotopic (exact) mass is 1360 g/mol. The highest BCUT2D eigenvalue weighted by Crippen LogP contribution is 2.57. The molecule has 4 amide bonds. The number of fused-ring (bicyclic) bond motifs is 8. The predicted octanol–water partition coefficient (Wildman–Crippen LogP) is 21.4. The summed E-state index contributed by atoms with van der Waals surface area (Å²) in [5.41, 5.74) is 2.40. The zero-order valence-corrected chi connectivity index (χ0v) is 57.9. The third-order valence-corrected chi connectivity index (χ3v) is 19.2. The number of carbonyl (C=O) groups is 2. The van der Waals surface area contributed by atoms with Crippen LogP contribution in [0.3, 0.4) is 0 Å². The Bertz CT molecular complexity index is 3660. The first kappa shape index (κ1) is 70.8. The topological polar surface area (TPSA) is 119 Å². The van der Waals surface area contributed by atoms with E-state index in [1.165, 1.54) is 71.3 Å². The van der Waals surface area contributed by atoms with Gasteiger partial charge in [-0.25, -0.2) is 9.59 Å². The molecule has 94 heavy (non-hydrogen) atoms. The maximum Gasteiger partial charge on any atom is 0.416 e. The summed E-state index contributed by atoms with van der Waals surface area (Å²) in [5, 5.41) is 10.6. The zero-order valence-electron chi connectivity index (χ0n) is 54.6. The van der Waals surface area contributed by atoms with Gasteiger partial charge in [-0.2, -0.15) is 26.3 Å². The van der Waals surface area contributed by atoms with Gasteiger partial charge in [0, 0.05) is 11.4 Å². The number of nitrogens with one attached hydrogen (secondary N) is 4. The van der Waals surface area contributed by atoms with E-state index in [1.807, 2.05) is 60.7 Å². The number of urea groups is 2. The summed E-state index contributed by atoms with van der Waals surface area (Å²) in [6.45, 7) is 26.1. The molecule has 0 atom stereocenters. The maximum absolute atomic E-state index is 13.7. The van der Waals surface area contributed by atoms with Gasteiger partial charge in [-0.15, -0.1) is 0 Å². The van der Waals surface area contributed by atoms with Crippen LogP contribution >= 0.6 is 47.0 Å². The Morgan fingerprint density at radius 2 is 0.606 bits per heavy atom. The quantitative estimate of drug-likeness (QED) is 0.0550. The molecule has 8 aromatic carbocycles. The van der Waals surface area contributed by atoms with Crippen LogP contribution in [0.1, 0.15) is 128 Å². The number of amides is 4. The summed E-state index contributed by atoms with van der Waals surface area (Å²) in [4.78, 5) is 32.9. The van der Waals surface area contributed by atoms with Gasteiger partial charge in [0.05, 0.1) is 63.4 Å². The van der Waals surface area contributed by atoms with E-state index < -0.39 is 57.2 Å². The van der Waals surface area contributed by atoms with Crippen LogP contribution in [-0.2, 0) is 47.2 Å². The van der Waals surface area contributed by atoms with Crippen molar-refractivity contribution in [2.75, 3.05) is 36.9 Å². The molecule has 8 bridgehead atoms. The van der Waals surface area contributed by atoms with Crippen molar-refractivity contribution in [3.05, 3.63) is 202 Å². The largest absolute Gasteiger partial charge is 0.489 e.